The highest BCUT2D eigenvalue weighted by Crippen LogP contribution is 2.39. The zero-order chi connectivity index (χ0) is 28.7. The summed E-state index contributed by atoms with van der Waals surface area (Å²) in [4.78, 5) is 15.4. The van der Waals surface area contributed by atoms with E-state index in [4.69, 9.17) is 4.74 Å². The van der Waals surface area contributed by atoms with Crippen molar-refractivity contribution >= 4 is 23.4 Å². The fraction of sp³-hybridized carbons (Fsp3) is 0.484. The molecule has 1 unspecified atom stereocenters. The third kappa shape index (κ3) is 5.47. The van der Waals surface area contributed by atoms with Crippen LogP contribution in [0.2, 0.25) is 0 Å². The summed E-state index contributed by atoms with van der Waals surface area (Å²) in [5.41, 5.74) is 3.81. The Morgan fingerprint density at radius 2 is 1.83 bits per heavy atom. The molecule has 2 aliphatic rings. The molecular formula is C31H40N8O2. The van der Waals surface area contributed by atoms with Gasteiger partial charge >= 0.3 is 6.03 Å². The average Bonchev–Trinajstić information content (AvgIpc) is 3.53. The van der Waals surface area contributed by atoms with Crippen molar-refractivity contribution in [1.29, 1.82) is 0 Å². The Hall–Kier alpha value is -4.08. The summed E-state index contributed by atoms with van der Waals surface area (Å²) in [6.45, 7) is 9.56. The number of fused-ring (bicyclic) bond motifs is 2. The van der Waals surface area contributed by atoms with Crippen molar-refractivity contribution in [1.82, 2.24) is 29.7 Å². The van der Waals surface area contributed by atoms with Crippen LogP contribution >= 0.6 is 0 Å². The van der Waals surface area contributed by atoms with Crippen molar-refractivity contribution < 1.29 is 9.53 Å². The van der Waals surface area contributed by atoms with Gasteiger partial charge in [0.05, 0.1) is 17.9 Å². The lowest BCUT2D eigenvalue weighted by molar-refractivity contribution is 0.171. The molecule has 1 aromatic carbocycles. The number of hydrogen-bond donors (Lipinski definition) is 2. The maximum atomic E-state index is 13.0. The van der Waals surface area contributed by atoms with Gasteiger partial charge in [0.25, 0.3) is 0 Å². The Kier molecular flexibility index (Phi) is 7.09. The maximum absolute atomic E-state index is 13.0. The lowest BCUT2D eigenvalue weighted by atomic mass is 9.85. The molecule has 1 fully saturated rings. The quantitative estimate of drug-likeness (QED) is 0.317. The van der Waals surface area contributed by atoms with E-state index in [1.54, 1.807) is 4.68 Å². The van der Waals surface area contributed by atoms with Crippen molar-refractivity contribution in [2.45, 2.75) is 83.4 Å². The molecule has 1 aliphatic carbocycles. The van der Waals surface area contributed by atoms with Gasteiger partial charge in [-0.3, -0.25) is 14.4 Å². The molecule has 41 heavy (non-hydrogen) atoms. The number of nitrogens with zero attached hydrogens (tertiary/aromatic N) is 6. The summed E-state index contributed by atoms with van der Waals surface area (Å²) in [6, 6.07) is 14.2. The van der Waals surface area contributed by atoms with Crippen molar-refractivity contribution in [3.05, 3.63) is 65.5 Å². The molecule has 0 radical (unpaired) electrons. The molecule has 0 spiro atoms. The number of carbonyl (C=O) groups excluding carboxylic acids is 1. The molecule has 10 heteroatoms. The van der Waals surface area contributed by atoms with E-state index < -0.39 is 0 Å². The number of piperidine rings is 1. The molecule has 1 saturated heterocycles. The lowest BCUT2D eigenvalue weighted by Gasteiger charge is -2.33. The first-order valence-corrected chi connectivity index (χ1v) is 14.7. The van der Waals surface area contributed by atoms with Gasteiger partial charge in [0.2, 0.25) is 5.95 Å². The number of nitrogens with one attached hydrogen (secondary N) is 2. The van der Waals surface area contributed by atoms with Gasteiger partial charge in [-0.05, 0) is 62.3 Å². The predicted molar refractivity (Wildman–Crippen MR) is 159 cm³/mol. The summed E-state index contributed by atoms with van der Waals surface area (Å²) in [7, 11) is 1.84. The number of aromatic nitrogens is 5. The molecule has 0 saturated carbocycles. The van der Waals surface area contributed by atoms with E-state index in [0.29, 0.717) is 11.9 Å². The molecule has 2 N–H and O–H groups in total. The number of pyridine rings is 1. The number of hydrogen-bond acceptors (Lipinski definition) is 6. The monoisotopic (exact) mass is 556 g/mol. The largest absolute Gasteiger partial charge is 0.484 e. The highest BCUT2D eigenvalue weighted by Gasteiger charge is 2.30. The summed E-state index contributed by atoms with van der Waals surface area (Å²) >= 11 is 0. The normalized spacial score (nSPS) is 21.0. The molecule has 3 atom stereocenters. The summed E-state index contributed by atoms with van der Waals surface area (Å²) in [5, 5.41) is 19.6. The van der Waals surface area contributed by atoms with Gasteiger partial charge in [-0.2, -0.15) is 5.10 Å². The fourth-order valence-electron chi connectivity index (χ4n) is 5.97. The van der Waals surface area contributed by atoms with Crippen LogP contribution in [0.5, 0.6) is 5.75 Å². The van der Waals surface area contributed by atoms with E-state index in [9.17, 15) is 4.79 Å². The van der Waals surface area contributed by atoms with E-state index in [1.165, 1.54) is 12.8 Å². The Morgan fingerprint density at radius 1 is 1.02 bits per heavy atom. The van der Waals surface area contributed by atoms with Crippen LogP contribution in [-0.2, 0) is 12.5 Å². The third-order valence-corrected chi connectivity index (χ3v) is 8.33. The topological polar surface area (TPSA) is 102 Å². The third-order valence-electron chi connectivity index (χ3n) is 8.33. The molecule has 4 heterocycles. The molecule has 4 aromatic rings. The molecule has 0 bridgehead atoms. The van der Waals surface area contributed by atoms with Gasteiger partial charge in [-0.15, -0.1) is 10.2 Å². The summed E-state index contributed by atoms with van der Waals surface area (Å²) < 4.78 is 10.3. The Labute approximate surface area is 241 Å². The lowest BCUT2D eigenvalue weighted by Crippen LogP contribution is -2.38. The number of rotatable bonds is 5. The number of anilines is 2. The van der Waals surface area contributed by atoms with E-state index in [0.717, 1.165) is 60.0 Å². The Morgan fingerprint density at radius 3 is 2.59 bits per heavy atom. The maximum Gasteiger partial charge on any atom is 0.320 e. The minimum absolute atomic E-state index is 0.0993. The average molecular weight is 557 g/mol. The minimum Gasteiger partial charge on any atom is -0.484 e. The number of carbonyl (C=O) groups is 1. The SMILES string of the molecule is CC1CCCCN1c1nnc2ccc(O[C@@H]3CC[C@H](NC(=O)Nc4cc(C(C)(C)C)nn4C)c4ccccc43)cn12. The first-order valence-electron chi connectivity index (χ1n) is 14.7. The van der Waals surface area contributed by atoms with Crippen LogP contribution in [0, 0.1) is 0 Å². The first kappa shape index (κ1) is 27.1. The van der Waals surface area contributed by atoms with Gasteiger partial charge in [0, 0.05) is 31.1 Å². The second-order valence-electron chi connectivity index (χ2n) is 12.4. The zero-order valence-electron chi connectivity index (χ0n) is 24.6. The number of urea groups is 1. The van der Waals surface area contributed by atoms with Gasteiger partial charge < -0.3 is 15.0 Å². The van der Waals surface area contributed by atoms with Crippen LogP contribution in [0.3, 0.4) is 0 Å². The molecule has 1 aliphatic heterocycles. The van der Waals surface area contributed by atoms with E-state index >= 15 is 0 Å². The summed E-state index contributed by atoms with van der Waals surface area (Å²) in [6.07, 6.45) is 7.01. The first-order chi connectivity index (χ1) is 19.7. The number of aryl methyl sites for hydroxylation is 1. The highest BCUT2D eigenvalue weighted by atomic mass is 16.5. The zero-order valence-corrected chi connectivity index (χ0v) is 24.6. The Bertz CT molecular complexity index is 1550. The van der Waals surface area contributed by atoms with Gasteiger partial charge in [-0.25, -0.2) is 4.79 Å². The van der Waals surface area contributed by atoms with E-state index in [2.05, 4.69) is 70.7 Å². The predicted octanol–water partition coefficient (Wildman–Crippen LogP) is 5.92. The van der Waals surface area contributed by atoms with Crippen LogP contribution in [0.1, 0.15) is 88.8 Å². The van der Waals surface area contributed by atoms with Crippen LogP contribution in [0.4, 0.5) is 16.6 Å². The van der Waals surface area contributed by atoms with Crippen molar-refractivity contribution in [2.24, 2.45) is 7.05 Å². The Balaban J connectivity index is 1.18. The summed E-state index contributed by atoms with van der Waals surface area (Å²) in [5.74, 6) is 2.32. The molecule has 6 rings (SSSR count). The van der Waals surface area contributed by atoms with Crippen molar-refractivity contribution in [3.8, 4) is 5.75 Å². The minimum atomic E-state index is -0.245. The van der Waals surface area contributed by atoms with E-state index in [1.807, 2.05) is 48.0 Å². The van der Waals surface area contributed by atoms with Gasteiger partial charge in [0.15, 0.2) is 5.65 Å². The number of amides is 2. The smallest absolute Gasteiger partial charge is 0.320 e. The van der Waals surface area contributed by atoms with Crippen LogP contribution in [0.15, 0.2) is 48.7 Å². The second kappa shape index (κ2) is 10.7. The van der Waals surface area contributed by atoms with Crippen LogP contribution in [0.25, 0.3) is 5.65 Å². The molecule has 3 aromatic heterocycles. The molecule has 216 valence electrons. The van der Waals surface area contributed by atoms with Gasteiger partial charge in [-0.1, -0.05) is 45.0 Å². The molecule has 10 nitrogen and oxygen atoms in total. The highest BCUT2D eigenvalue weighted by molar-refractivity contribution is 5.88. The van der Waals surface area contributed by atoms with Crippen LogP contribution < -0.4 is 20.3 Å². The van der Waals surface area contributed by atoms with Gasteiger partial charge in [0.1, 0.15) is 17.7 Å². The van der Waals surface area contributed by atoms with Crippen LogP contribution in [-0.4, -0.2) is 43.0 Å². The number of ether oxygens (including phenoxy) is 1. The second-order valence-corrected chi connectivity index (χ2v) is 12.4. The molecule has 2 amide bonds. The van der Waals surface area contributed by atoms with Crippen molar-refractivity contribution in [3.63, 3.8) is 0 Å². The fourth-order valence-corrected chi connectivity index (χ4v) is 5.97. The standard InChI is InChI=1S/C31H40N8O2/c1-20-10-8-9-17-38(20)30-35-34-27-16-13-21(19-39(27)30)41-25-15-14-24(22-11-6-7-12-23(22)25)32-29(40)33-28-18-26(31(2,3)4)36-37(28)5/h6-7,11-13,16,18-20,24-25H,8-10,14-15,17H2,1-5H3,(H2,32,33,40)/t20?,24-,25+/m0/s1. The molecular weight excluding hydrogens is 516 g/mol. The van der Waals surface area contributed by atoms with E-state index in [-0.39, 0.29) is 23.6 Å². The van der Waals surface area contributed by atoms with Crippen molar-refractivity contribution in [2.75, 3.05) is 16.8 Å². The number of benzene rings is 1.